The molecule has 0 aliphatic heterocycles. The first-order valence-corrected chi connectivity index (χ1v) is 5.30. The van der Waals surface area contributed by atoms with E-state index in [2.05, 4.69) is 27.3 Å². The highest BCUT2D eigenvalue weighted by Gasteiger charge is 2.14. The van der Waals surface area contributed by atoms with Crippen molar-refractivity contribution < 1.29 is 0 Å². The molecule has 0 bridgehead atoms. The molecule has 2 aromatic heterocycles. The lowest BCUT2D eigenvalue weighted by atomic mass is 10.1. The van der Waals surface area contributed by atoms with Gasteiger partial charge in [-0.2, -0.15) is 5.10 Å². The van der Waals surface area contributed by atoms with Gasteiger partial charge >= 0.3 is 0 Å². The fourth-order valence-electron chi connectivity index (χ4n) is 1.65. The average molecular weight is 217 g/mol. The first-order chi connectivity index (χ1) is 7.85. The molecular weight excluding hydrogens is 202 g/mol. The zero-order valence-corrected chi connectivity index (χ0v) is 9.46. The Kier molecular flexibility index (Phi) is 3.26. The molecule has 0 aromatic carbocycles. The van der Waals surface area contributed by atoms with E-state index in [0.29, 0.717) is 0 Å². The van der Waals surface area contributed by atoms with E-state index in [1.807, 2.05) is 24.1 Å². The SMILES string of the molecule is CCn1cc(C(NC)c2cnccn2)cn1. The Labute approximate surface area is 94.5 Å². The first kappa shape index (κ1) is 10.8. The minimum Gasteiger partial charge on any atom is -0.308 e. The monoisotopic (exact) mass is 217 g/mol. The molecule has 2 heterocycles. The second-order valence-electron chi connectivity index (χ2n) is 3.48. The molecule has 0 saturated heterocycles. The Morgan fingerprint density at radius 3 is 2.81 bits per heavy atom. The van der Waals surface area contributed by atoms with Crippen molar-refractivity contribution in [2.45, 2.75) is 19.5 Å². The van der Waals surface area contributed by atoms with E-state index in [9.17, 15) is 0 Å². The van der Waals surface area contributed by atoms with Gasteiger partial charge in [-0.1, -0.05) is 0 Å². The lowest BCUT2D eigenvalue weighted by molar-refractivity contribution is 0.648. The van der Waals surface area contributed by atoms with E-state index in [1.165, 1.54) is 0 Å². The molecule has 0 aliphatic rings. The van der Waals surface area contributed by atoms with Gasteiger partial charge in [0.2, 0.25) is 0 Å². The summed E-state index contributed by atoms with van der Waals surface area (Å²) in [4.78, 5) is 8.38. The summed E-state index contributed by atoms with van der Waals surface area (Å²) in [5, 5.41) is 7.47. The molecule has 0 saturated carbocycles. The van der Waals surface area contributed by atoms with Crippen molar-refractivity contribution >= 4 is 0 Å². The molecule has 0 radical (unpaired) electrons. The van der Waals surface area contributed by atoms with Crippen LogP contribution in [0.1, 0.15) is 24.2 Å². The lowest BCUT2D eigenvalue weighted by Crippen LogP contribution is -2.18. The van der Waals surface area contributed by atoms with Crippen LogP contribution < -0.4 is 5.32 Å². The second kappa shape index (κ2) is 4.85. The third-order valence-corrected chi connectivity index (χ3v) is 2.48. The van der Waals surface area contributed by atoms with Crippen molar-refractivity contribution in [3.63, 3.8) is 0 Å². The van der Waals surface area contributed by atoms with E-state index in [1.54, 1.807) is 18.6 Å². The van der Waals surface area contributed by atoms with Crippen LogP contribution in [0.25, 0.3) is 0 Å². The van der Waals surface area contributed by atoms with E-state index < -0.39 is 0 Å². The summed E-state index contributed by atoms with van der Waals surface area (Å²) in [6, 6.07) is 0.0500. The fraction of sp³-hybridized carbons (Fsp3) is 0.364. The van der Waals surface area contributed by atoms with Gasteiger partial charge in [-0.15, -0.1) is 0 Å². The summed E-state index contributed by atoms with van der Waals surface area (Å²) in [5.41, 5.74) is 2.01. The van der Waals surface area contributed by atoms with Crippen molar-refractivity contribution in [2.24, 2.45) is 0 Å². The predicted octanol–water partition coefficient (Wildman–Crippen LogP) is 1.00. The van der Waals surface area contributed by atoms with Crippen molar-refractivity contribution in [3.8, 4) is 0 Å². The topological polar surface area (TPSA) is 55.6 Å². The van der Waals surface area contributed by atoms with Gasteiger partial charge < -0.3 is 5.32 Å². The van der Waals surface area contributed by atoms with Crippen molar-refractivity contribution in [3.05, 3.63) is 42.2 Å². The van der Waals surface area contributed by atoms with Crippen LogP contribution in [0.4, 0.5) is 0 Å². The Bertz CT molecular complexity index is 437. The van der Waals surface area contributed by atoms with Crippen LogP contribution in [0, 0.1) is 0 Å². The third kappa shape index (κ3) is 2.09. The summed E-state index contributed by atoms with van der Waals surface area (Å²) < 4.78 is 1.90. The molecule has 16 heavy (non-hydrogen) atoms. The number of aromatic nitrogens is 4. The maximum Gasteiger partial charge on any atom is 0.0802 e. The van der Waals surface area contributed by atoms with Crippen molar-refractivity contribution in [1.82, 2.24) is 25.1 Å². The van der Waals surface area contributed by atoms with Gasteiger partial charge in [0, 0.05) is 30.7 Å². The number of aryl methyl sites for hydroxylation is 1. The normalized spacial score (nSPS) is 12.6. The van der Waals surface area contributed by atoms with E-state index in [-0.39, 0.29) is 6.04 Å². The predicted molar refractivity (Wildman–Crippen MR) is 60.8 cm³/mol. The highest BCUT2D eigenvalue weighted by Crippen LogP contribution is 2.18. The Balaban J connectivity index is 2.29. The molecule has 5 nitrogen and oxygen atoms in total. The van der Waals surface area contributed by atoms with Crippen molar-refractivity contribution in [2.75, 3.05) is 7.05 Å². The number of nitrogens with one attached hydrogen (secondary N) is 1. The molecular formula is C11H15N5. The summed E-state index contributed by atoms with van der Waals surface area (Å²) in [6.45, 7) is 2.93. The van der Waals surface area contributed by atoms with Crippen molar-refractivity contribution in [1.29, 1.82) is 0 Å². The van der Waals surface area contributed by atoms with Crippen LogP contribution in [-0.4, -0.2) is 26.8 Å². The van der Waals surface area contributed by atoms with Gasteiger partial charge in [0.25, 0.3) is 0 Å². The molecule has 2 rings (SSSR count). The van der Waals surface area contributed by atoms with Crippen LogP contribution in [0.15, 0.2) is 31.0 Å². The Hall–Kier alpha value is -1.75. The van der Waals surface area contributed by atoms with Gasteiger partial charge in [0.15, 0.2) is 0 Å². The smallest absolute Gasteiger partial charge is 0.0802 e. The maximum absolute atomic E-state index is 4.30. The molecule has 1 N–H and O–H groups in total. The quantitative estimate of drug-likeness (QED) is 0.830. The molecule has 0 aliphatic carbocycles. The average Bonchev–Trinajstić information content (AvgIpc) is 2.80. The minimum atomic E-state index is 0.0500. The van der Waals surface area contributed by atoms with Gasteiger partial charge in [0.1, 0.15) is 0 Å². The van der Waals surface area contributed by atoms with Gasteiger partial charge in [-0.05, 0) is 14.0 Å². The number of hydrogen-bond acceptors (Lipinski definition) is 4. The summed E-state index contributed by atoms with van der Waals surface area (Å²) in [5.74, 6) is 0. The van der Waals surface area contributed by atoms with Crippen LogP contribution in [0.3, 0.4) is 0 Å². The molecule has 5 heteroatoms. The molecule has 1 unspecified atom stereocenters. The van der Waals surface area contributed by atoms with E-state index in [0.717, 1.165) is 17.8 Å². The van der Waals surface area contributed by atoms with Crippen LogP contribution >= 0.6 is 0 Å². The fourth-order valence-corrected chi connectivity index (χ4v) is 1.65. The van der Waals surface area contributed by atoms with Gasteiger partial charge in [0.05, 0.1) is 24.1 Å². The standard InChI is InChI=1S/C11H15N5/c1-3-16-8-9(6-15-16)11(12-2)10-7-13-4-5-14-10/h4-8,11-12H,3H2,1-2H3. The second-order valence-corrected chi connectivity index (χ2v) is 3.48. The molecule has 0 fully saturated rings. The molecule has 84 valence electrons. The van der Waals surface area contributed by atoms with E-state index >= 15 is 0 Å². The lowest BCUT2D eigenvalue weighted by Gasteiger charge is -2.12. The Morgan fingerprint density at radius 2 is 2.25 bits per heavy atom. The Morgan fingerprint density at radius 1 is 1.38 bits per heavy atom. The minimum absolute atomic E-state index is 0.0500. The molecule has 2 aromatic rings. The first-order valence-electron chi connectivity index (χ1n) is 5.30. The third-order valence-electron chi connectivity index (χ3n) is 2.48. The zero-order valence-electron chi connectivity index (χ0n) is 9.46. The molecule has 1 atom stereocenters. The molecule has 0 amide bonds. The highest BCUT2D eigenvalue weighted by molar-refractivity contribution is 5.21. The van der Waals surface area contributed by atoms with Crippen LogP contribution in [0.2, 0.25) is 0 Å². The number of rotatable bonds is 4. The van der Waals surface area contributed by atoms with Crippen LogP contribution in [0.5, 0.6) is 0 Å². The zero-order chi connectivity index (χ0) is 11.4. The summed E-state index contributed by atoms with van der Waals surface area (Å²) in [7, 11) is 1.91. The van der Waals surface area contributed by atoms with Crippen LogP contribution in [-0.2, 0) is 6.54 Å². The summed E-state index contributed by atoms with van der Waals surface area (Å²) in [6.07, 6.45) is 9.02. The number of hydrogen-bond donors (Lipinski definition) is 1. The maximum atomic E-state index is 4.30. The van der Waals surface area contributed by atoms with Gasteiger partial charge in [-0.3, -0.25) is 14.6 Å². The summed E-state index contributed by atoms with van der Waals surface area (Å²) >= 11 is 0. The van der Waals surface area contributed by atoms with Gasteiger partial charge in [-0.25, -0.2) is 0 Å². The van der Waals surface area contributed by atoms with E-state index in [4.69, 9.17) is 0 Å². The highest BCUT2D eigenvalue weighted by atomic mass is 15.3. The molecule has 0 spiro atoms. The number of nitrogens with zero attached hydrogens (tertiary/aromatic N) is 4. The largest absolute Gasteiger partial charge is 0.308 e.